The van der Waals surface area contributed by atoms with Crippen LogP contribution in [0.2, 0.25) is 0 Å². The van der Waals surface area contributed by atoms with E-state index in [1.807, 2.05) is 192 Å². The highest BCUT2D eigenvalue weighted by molar-refractivity contribution is 9.10. The molecule has 444 valence electrons. The molecule has 0 spiro atoms. The average Bonchev–Trinajstić information content (AvgIpc) is 1.18. The Kier molecular flexibility index (Phi) is 20.0. The van der Waals surface area contributed by atoms with E-state index >= 15 is 0 Å². The third-order valence-electron chi connectivity index (χ3n) is 13.8. The Balaban J connectivity index is 0.000000184. The molecule has 0 atom stereocenters. The van der Waals surface area contributed by atoms with Gasteiger partial charge in [-0.1, -0.05) is 153 Å². The summed E-state index contributed by atoms with van der Waals surface area (Å²) in [6.07, 6.45) is 0. The van der Waals surface area contributed by atoms with Crippen LogP contribution in [-0.2, 0) is 39.3 Å². The monoisotopic (exact) mass is 1380 g/mol. The second-order valence-corrected chi connectivity index (χ2v) is 29.4. The van der Waals surface area contributed by atoms with Crippen molar-refractivity contribution in [2.24, 2.45) is 0 Å². The summed E-state index contributed by atoms with van der Waals surface area (Å²) >= 11 is 6.52. The summed E-state index contributed by atoms with van der Waals surface area (Å²) in [5, 5.41) is 3.30. The van der Waals surface area contributed by atoms with Crippen molar-refractivity contribution in [1.29, 1.82) is 0 Å². The number of para-hydroxylation sites is 6. The Morgan fingerprint density at radius 2 is 0.416 bits per heavy atom. The highest BCUT2D eigenvalue weighted by Crippen LogP contribution is 2.38. The van der Waals surface area contributed by atoms with E-state index in [0.717, 1.165) is 54.4 Å². The molecule has 12 rings (SSSR count). The van der Waals surface area contributed by atoms with E-state index in [-0.39, 0.29) is 39.2 Å². The molecule has 0 aliphatic carbocycles. The van der Waals surface area contributed by atoms with Gasteiger partial charge >= 0.3 is 0 Å². The van der Waals surface area contributed by atoms with E-state index in [9.17, 15) is 33.7 Å². The molecular formula is C72H55Br2N3O8S4. The fourth-order valence-corrected chi connectivity index (χ4v) is 15.3. The number of rotatable bonds is 16. The van der Waals surface area contributed by atoms with Crippen LogP contribution in [0, 0.1) is 0 Å². The van der Waals surface area contributed by atoms with Gasteiger partial charge in [-0.2, -0.15) is 0 Å². The number of anilines is 8. The molecule has 0 aliphatic rings. The van der Waals surface area contributed by atoms with Gasteiger partial charge in [0.2, 0.25) is 39.3 Å². The lowest BCUT2D eigenvalue weighted by Crippen LogP contribution is -2.11. The molecule has 17 heteroatoms. The molecule has 12 aromatic rings. The molecule has 0 fully saturated rings. The minimum atomic E-state index is -4.04. The molecule has 0 heterocycles. The van der Waals surface area contributed by atoms with Crippen LogP contribution in [0.5, 0.6) is 0 Å². The average molecular weight is 1380 g/mol. The predicted molar refractivity (Wildman–Crippen MR) is 361 cm³/mol. The molecule has 11 nitrogen and oxygen atoms in total. The van der Waals surface area contributed by atoms with E-state index in [4.69, 9.17) is 0 Å². The number of benzene rings is 12. The third kappa shape index (κ3) is 15.2. The zero-order valence-corrected chi connectivity index (χ0v) is 53.7. The standard InChI is InChI=1S/C42H32N2O4S2.C18H12Br2O4S2.C12H11N/c45-49(46,39-28-24-37(25-29-39)43(33-14-5-1-6-15-33)34-16-7-2-8-17-34)41-22-13-23-42(32-41)50(47,48)40-30-26-38(27-31-40)44(35-18-9-3-10-19-35)36-20-11-4-12-21-36;19-13-4-8-15(9-5-13)25(21,22)17-2-1-3-18(12-17)26(23,24)16-10-6-14(20)7-11-16;1-3-7-11(8-4-1)13-12-9-5-2-6-10-12/h1-32H;1-12H;1-10,13H. The van der Waals surface area contributed by atoms with Crippen LogP contribution >= 0.6 is 31.9 Å². The molecule has 0 bridgehead atoms. The Morgan fingerprint density at radius 3 is 0.652 bits per heavy atom. The maximum absolute atomic E-state index is 13.8. The Bertz CT molecular complexity index is 4400. The van der Waals surface area contributed by atoms with Crippen molar-refractivity contribution in [3.8, 4) is 0 Å². The van der Waals surface area contributed by atoms with Crippen molar-refractivity contribution < 1.29 is 33.7 Å². The van der Waals surface area contributed by atoms with Crippen molar-refractivity contribution >= 4 is 117 Å². The Labute approximate surface area is 536 Å². The number of nitrogens with one attached hydrogen (secondary N) is 1. The smallest absolute Gasteiger partial charge is 0.206 e. The largest absolute Gasteiger partial charge is 0.356 e. The summed E-state index contributed by atoms with van der Waals surface area (Å²) in [6, 6.07) is 96.0. The molecule has 89 heavy (non-hydrogen) atoms. The van der Waals surface area contributed by atoms with Gasteiger partial charge in [0, 0.05) is 54.4 Å². The number of nitrogens with zero attached hydrogens (tertiary/aromatic N) is 2. The van der Waals surface area contributed by atoms with E-state index < -0.39 is 39.3 Å². The lowest BCUT2D eigenvalue weighted by atomic mass is 10.2. The quantitative estimate of drug-likeness (QED) is 0.0983. The highest BCUT2D eigenvalue weighted by Gasteiger charge is 2.26. The lowest BCUT2D eigenvalue weighted by Gasteiger charge is -2.25. The molecule has 0 amide bonds. The normalized spacial score (nSPS) is 11.4. The van der Waals surface area contributed by atoms with Crippen LogP contribution in [0.25, 0.3) is 0 Å². The number of halogens is 2. The van der Waals surface area contributed by atoms with Gasteiger partial charge in [0.05, 0.1) is 39.2 Å². The highest BCUT2D eigenvalue weighted by atomic mass is 79.9. The molecule has 0 aliphatic heterocycles. The van der Waals surface area contributed by atoms with Crippen molar-refractivity contribution in [2.45, 2.75) is 39.2 Å². The maximum Gasteiger partial charge on any atom is 0.206 e. The first kappa shape index (κ1) is 62.8. The molecular weight excluding hydrogens is 1320 g/mol. The topological polar surface area (TPSA) is 155 Å². The van der Waals surface area contributed by atoms with Crippen molar-refractivity contribution in [2.75, 3.05) is 15.1 Å². The third-order valence-corrected chi connectivity index (χ3v) is 21.9. The minimum absolute atomic E-state index is 0.0585. The number of sulfone groups is 4. The van der Waals surface area contributed by atoms with Gasteiger partial charge in [-0.05, 0) is 206 Å². The van der Waals surface area contributed by atoms with Crippen LogP contribution < -0.4 is 15.1 Å². The summed E-state index contributed by atoms with van der Waals surface area (Å²) < 4.78 is 108. The van der Waals surface area contributed by atoms with Gasteiger partial charge in [-0.15, -0.1) is 0 Å². The second kappa shape index (κ2) is 28.3. The molecule has 0 saturated carbocycles. The molecule has 12 aromatic carbocycles. The Morgan fingerprint density at radius 1 is 0.213 bits per heavy atom. The van der Waals surface area contributed by atoms with Gasteiger partial charge in [0.25, 0.3) is 0 Å². The first-order chi connectivity index (χ1) is 43.0. The molecule has 1 N–H and O–H groups in total. The first-order valence-corrected chi connectivity index (χ1v) is 35.1. The molecule has 0 radical (unpaired) electrons. The van der Waals surface area contributed by atoms with Gasteiger partial charge in [0.15, 0.2) is 0 Å². The summed E-state index contributed by atoms with van der Waals surface area (Å²) in [5.41, 5.74) is 7.49. The summed E-state index contributed by atoms with van der Waals surface area (Å²) in [7, 11) is -15.7. The maximum atomic E-state index is 13.8. The van der Waals surface area contributed by atoms with E-state index in [2.05, 4.69) is 37.2 Å². The van der Waals surface area contributed by atoms with E-state index in [1.165, 1.54) is 72.8 Å². The minimum Gasteiger partial charge on any atom is -0.356 e. The van der Waals surface area contributed by atoms with Crippen LogP contribution in [0.15, 0.2) is 376 Å². The van der Waals surface area contributed by atoms with Crippen LogP contribution in [-0.4, -0.2) is 33.7 Å². The predicted octanol–water partition coefficient (Wildman–Crippen LogP) is 18.6. The number of hydrogen-bond acceptors (Lipinski definition) is 11. The van der Waals surface area contributed by atoms with Crippen LogP contribution in [0.3, 0.4) is 0 Å². The summed E-state index contributed by atoms with van der Waals surface area (Å²) in [5.74, 6) is 0. The fraction of sp³-hybridized carbons (Fsp3) is 0. The number of hydrogen-bond donors (Lipinski definition) is 1. The SMILES string of the molecule is O=S(=O)(c1ccc(Br)cc1)c1cccc(S(=O)(=O)c2ccc(Br)cc2)c1.O=S(=O)(c1ccc(N(c2ccccc2)c2ccccc2)cc1)c1cccc(S(=O)(=O)c2ccc(N(c3ccccc3)c3ccccc3)cc2)c1.c1ccc(Nc2ccccc2)cc1. The lowest BCUT2D eigenvalue weighted by molar-refractivity contribution is 0.590. The van der Waals surface area contributed by atoms with Gasteiger partial charge in [0.1, 0.15) is 0 Å². The Hall–Kier alpha value is -9.20. The van der Waals surface area contributed by atoms with Gasteiger partial charge in [-0.25, -0.2) is 33.7 Å². The van der Waals surface area contributed by atoms with Crippen molar-refractivity contribution in [3.05, 3.63) is 337 Å². The fourth-order valence-electron chi connectivity index (χ4n) is 9.35. The second-order valence-electron chi connectivity index (χ2n) is 19.7. The first-order valence-electron chi connectivity index (χ1n) is 27.6. The van der Waals surface area contributed by atoms with E-state index in [1.54, 1.807) is 72.8 Å². The zero-order chi connectivity index (χ0) is 62.4. The van der Waals surface area contributed by atoms with Crippen LogP contribution in [0.4, 0.5) is 45.5 Å². The van der Waals surface area contributed by atoms with Crippen molar-refractivity contribution in [1.82, 2.24) is 0 Å². The molecule has 0 unspecified atom stereocenters. The van der Waals surface area contributed by atoms with Crippen molar-refractivity contribution in [3.63, 3.8) is 0 Å². The summed E-state index contributed by atoms with van der Waals surface area (Å²) in [6.45, 7) is 0. The van der Waals surface area contributed by atoms with Gasteiger partial charge in [-0.3, -0.25) is 0 Å². The van der Waals surface area contributed by atoms with Crippen LogP contribution in [0.1, 0.15) is 0 Å². The molecule has 0 aromatic heterocycles. The zero-order valence-electron chi connectivity index (χ0n) is 47.2. The van der Waals surface area contributed by atoms with E-state index in [0.29, 0.717) is 0 Å². The summed E-state index contributed by atoms with van der Waals surface area (Å²) in [4.78, 5) is 4.03. The van der Waals surface area contributed by atoms with Gasteiger partial charge < -0.3 is 15.1 Å². The molecule has 0 saturated heterocycles.